The van der Waals surface area contributed by atoms with Gasteiger partial charge in [0.15, 0.2) is 5.43 Å². The summed E-state index contributed by atoms with van der Waals surface area (Å²) in [7, 11) is 3.14. The summed E-state index contributed by atoms with van der Waals surface area (Å²) in [5.41, 5.74) is 3.35. The van der Waals surface area contributed by atoms with E-state index < -0.39 is 0 Å². The van der Waals surface area contributed by atoms with Crippen molar-refractivity contribution in [3.05, 3.63) is 112 Å². The smallest absolute Gasteiger partial charge is 0.242 e. The first-order valence-corrected chi connectivity index (χ1v) is 13.1. The van der Waals surface area contributed by atoms with Crippen LogP contribution in [0.15, 0.2) is 88.3 Å². The van der Waals surface area contributed by atoms with E-state index in [1.807, 2.05) is 55.5 Å². The Labute approximate surface area is 233 Å². The van der Waals surface area contributed by atoms with Crippen LogP contribution in [0, 0.1) is 6.92 Å². The van der Waals surface area contributed by atoms with Crippen molar-refractivity contribution in [2.24, 2.45) is 0 Å². The lowest BCUT2D eigenvalue weighted by atomic mass is 10.1. The predicted octanol–water partition coefficient (Wildman–Crippen LogP) is 4.36. The largest absolute Gasteiger partial charge is 0.497 e. The van der Waals surface area contributed by atoms with Crippen LogP contribution in [-0.2, 0) is 33.8 Å². The van der Waals surface area contributed by atoms with Gasteiger partial charge in [0, 0.05) is 20.2 Å². The van der Waals surface area contributed by atoms with Gasteiger partial charge in [-0.25, -0.2) is 0 Å². The fraction of sp³-hybridized carbons (Fsp3) is 0.281. The standard InChI is InChI=1S/C32H34N2O6/c1-23-9-14-29-28(17-23)32(37)26(22-40-29)20-34(19-25-7-5-4-6-8-25)31(36)21-33(15-16-38-2)30(35)18-24-10-12-27(39-3)13-11-24/h4-14,17,22H,15-16,18-21H2,1-3H3. The third-order valence-corrected chi connectivity index (χ3v) is 6.69. The first-order chi connectivity index (χ1) is 19.4. The number of ether oxygens (including phenoxy) is 2. The Morgan fingerprint density at radius 1 is 0.850 bits per heavy atom. The number of nitrogens with zero attached hydrogens (tertiary/aromatic N) is 2. The van der Waals surface area contributed by atoms with Gasteiger partial charge >= 0.3 is 0 Å². The number of carbonyl (C=O) groups is 2. The Hall–Kier alpha value is -4.43. The van der Waals surface area contributed by atoms with Crippen LogP contribution in [0.25, 0.3) is 11.0 Å². The Bertz CT molecular complexity index is 1500. The highest BCUT2D eigenvalue weighted by Crippen LogP contribution is 2.17. The highest BCUT2D eigenvalue weighted by atomic mass is 16.5. The lowest BCUT2D eigenvalue weighted by Crippen LogP contribution is -2.44. The van der Waals surface area contributed by atoms with Gasteiger partial charge in [-0.15, -0.1) is 0 Å². The molecule has 40 heavy (non-hydrogen) atoms. The van der Waals surface area contributed by atoms with Gasteiger partial charge in [0.2, 0.25) is 11.8 Å². The molecule has 8 heteroatoms. The molecule has 0 atom stereocenters. The lowest BCUT2D eigenvalue weighted by molar-refractivity contribution is -0.141. The molecule has 2 amide bonds. The predicted molar refractivity (Wildman–Crippen MR) is 153 cm³/mol. The molecule has 0 fully saturated rings. The molecule has 1 heterocycles. The van der Waals surface area contributed by atoms with Crippen molar-refractivity contribution in [1.29, 1.82) is 0 Å². The second kappa shape index (κ2) is 13.6. The van der Waals surface area contributed by atoms with Gasteiger partial charge in [-0.3, -0.25) is 14.4 Å². The number of fused-ring (bicyclic) bond motifs is 1. The summed E-state index contributed by atoms with van der Waals surface area (Å²) in [5, 5.41) is 0.473. The molecule has 0 unspecified atom stereocenters. The van der Waals surface area contributed by atoms with Crippen LogP contribution in [0.3, 0.4) is 0 Å². The maximum absolute atomic E-state index is 13.7. The summed E-state index contributed by atoms with van der Waals surface area (Å²) in [6, 6.07) is 22.2. The number of amides is 2. The number of hydrogen-bond acceptors (Lipinski definition) is 6. The minimum atomic E-state index is -0.285. The van der Waals surface area contributed by atoms with E-state index in [2.05, 4.69) is 0 Å². The molecule has 4 rings (SSSR count). The van der Waals surface area contributed by atoms with Crippen molar-refractivity contribution in [2.45, 2.75) is 26.4 Å². The van der Waals surface area contributed by atoms with E-state index in [4.69, 9.17) is 13.9 Å². The van der Waals surface area contributed by atoms with E-state index in [0.29, 0.717) is 22.3 Å². The third kappa shape index (κ3) is 7.36. The molecule has 0 N–H and O–H groups in total. The van der Waals surface area contributed by atoms with E-state index in [-0.39, 0.29) is 56.4 Å². The molecule has 3 aromatic carbocycles. The minimum absolute atomic E-state index is 0.0464. The third-order valence-electron chi connectivity index (χ3n) is 6.69. The van der Waals surface area contributed by atoms with Gasteiger partial charge in [-0.05, 0) is 42.3 Å². The van der Waals surface area contributed by atoms with Crippen molar-refractivity contribution in [3.8, 4) is 5.75 Å². The topological polar surface area (TPSA) is 89.3 Å². The molecule has 8 nitrogen and oxygen atoms in total. The van der Waals surface area contributed by atoms with Crippen molar-refractivity contribution >= 4 is 22.8 Å². The molecule has 4 aromatic rings. The Balaban J connectivity index is 1.58. The van der Waals surface area contributed by atoms with Crippen LogP contribution in [-0.4, -0.2) is 55.5 Å². The number of aryl methyl sites for hydroxylation is 1. The van der Waals surface area contributed by atoms with Crippen LogP contribution in [0.2, 0.25) is 0 Å². The van der Waals surface area contributed by atoms with Gasteiger partial charge in [-0.2, -0.15) is 0 Å². The second-order valence-electron chi connectivity index (χ2n) is 9.66. The number of hydrogen-bond donors (Lipinski definition) is 0. The van der Waals surface area contributed by atoms with Crippen molar-refractivity contribution in [1.82, 2.24) is 9.80 Å². The summed E-state index contributed by atoms with van der Waals surface area (Å²) in [4.78, 5) is 43.4. The summed E-state index contributed by atoms with van der Waals surface area (Å²) in [6.45, 7) is 2.62. The number of benzene rings is 3. The van der Waals surface area contributed by atoms with E-state index in [0.717, 1.165) is 16.7 Å². The molecule has 0 spiro atoms. The van der Waals surface area contributed by atoms with Crippen molar-refractivity contribution in [3.63, 3.8) is 0 Å². The van der Waals surface area contributed by atoms with Crippen molar-refractivity contribution < 1.29 is 23.5 Å². The Kier molecular flexibility index (Phi) is 9.70. The van der Waals surface area contributed by atoms with E-state index in [1.165, 1.54) is 11.2 Å². The maximum Gasteiger partial charge on any atom is 0.242 e. The van der Waals surface area contributed by atoms with E-state index in [9.17, 15) is 14.4 Å². The highest BCUT2D eigenvalue weighted by molar-refractivity contribution is 5.86. The van der Waals surface area contributed by atoms with E-state index >= 15 is 0 Å². The Morgan fingerprint density at radius 3 is 2.30 bits per heavy atom. The molecule has 0 radical (unpaired) electrons. The van der Waals surface area contributed by atoms with Crippen LogP contribution in [0.4, 0.5) is 0 Å². The molecule has 0 saturated carbocycles. The van der Waals surface area contributed by atoms with Crippen LogP contribution in [0.5, 0.6) is 5.75 Å². The average Bonchev–Trinajstić information content (AvgIpc) is 2.97. The fourth-order valence-corrected chi connectivity index (χ4v) is 4.42. The first kappa shape index (κ1) is 28.6. The quantitative estimate of drug-likeness (QED) is 0.264. The van der Waals surface area contributed by atoms with Crippen molar-refractivity contribution in [2.75, 3.05) is 33.9 Å². The molecular formula is C32H34N2O6. The van der Waals surface area contributed by atoms with E-state index in [1.54, 1.807) is 43.4 Å². The molecular weight excluding hydrogens is 508 g/mol. The minimum Gasteiger partial charge on any atom is -0.497 e. The summed E-state index contributed by atoms with van der Waals surface area (Å²) >= 11 is 0. The van der Waals surface area contributed by atoms with Crippen LogP contribution >= 0.6 is 0 Å². The van der Waals surface area contributed by atoms with Crippen LogP contribution in [0.1, 0.15) is 22.3 Å². The normalized spacial score (nSPS) is 10.9. The zero-order chi connectivity index (χ0) is 28.5. The molecule has 1 aromatic heterocycles. The highest BCUT2D eigenvalue weighted by Gasteiger charge is 2.23. The Morgan fingerprint density at radius 2 is 1.60 bits per heavy atom. The molecule has 0 aliphatic carbocycles. The molecule has 0 aliphatic rings. The zero-order valence-corrected chi connectivity index (χ0v) is 23.1. The molecule has 0 aliphatic heterocycles. The lowest BCUT2D eigenvalue weighted by Gasteiger charge is -2.28. The van der Waals surface area contributed by atoms with Gasteiger partial charge in [0.05, 0.1) is 50.4 Å². The van der Waals surface area contributed by atoms with Gasteiger partial charge in [-0.1, -0.05) is 54.1 Å². The number of rotatable bonds is 12. The molecule has 0 saturated heterocycles. The average molecular weight is 543 g/mol. The summed E-state index contributed by atoms with van der Waals surface area (Å²) < 4.78 is 16.1. The monoisotopic (exact) mass is 542 g/mol. The zero-order valence-electron chi connectivity index (χ0n) is 23.1. The fourth-order valence-electron chi connectivity index (χ4n) is 4.42. The second-order valence-corrected chi connectivity index (χ2v) is 9.66. The summed E-state index contributed by atoms with van der Waals surface area (Å²) in [5.74, 6) is 0.218. The first-order valence-electron chi connectivity index (χ1n) is 13.1. The molecule has 208 valence electrons. The summed E-state index contributed by atoms with van der Waals surface area (Å²) in [6.07, 6.45) is 1.55. The van der Waals surface area contributed by atoms with Gasteiger partial charge in [0.25, 0.3) is 0 Å². The number of carbonyl (C=O) groups excluding carboxylic acids is 2. The maximum atomic E-state index is 13.7. The van der Waals surface area contributed by atoms with Gasteiger partial charge < -0.3 is 23.7 Å². The number of methoxy groups -OCH3 is 2. The SMILES string of the molecule is COCCN(CC(=O)N(Cc1ccccc1)Cc1coc2ccc(C)cc2c1=O)C(=O)Cc1ccc(OC)cc1. The van der Waals surface area contributed by atoms with Gasteiger partial charge in [0.1, 0.15) is 11.3 Å². The molecule has 0 bridgehead atoms. The van der Waals surface area contributed by atoms with Crippen LogP contribution < -0.4 is 10.2 Å².